The Labute approximate surface area is 92.5 Å². The van der Waals surface area contributed by atoms with Crippen molar-refractivity contribution >= 4 is 29.1 Å². The van der Waals surface area contributed by atoms with Crippen molar-refractivity contribution in [3.8, 4) is 0 Å². The maximum Gasteiger partial charge on any atom is 0.274 e. The standard InChI is InChI=1S/C10H11ClN2O2/c1-7-5-8(3-2-4-11)9(12)6-10(7)13(14)15/h2-3,5-6H,4,12H2,1H3. The van der Waals surface area contributed by atoms with Crippen molar-refractivity contribution in [1.82, 2.24) is 0 Å². The van der Waals surface area contributed by atoms with Crippen LogP contribution in [-0.4, -0.2) is 10.8 Å². The van der Waals surface area contributed by atoms with Gasteiger partial charge in [-0.05, 0) is 18.6 Å². The Morgan fingerprint density at radius 1 is 1.60 bits per heavy atom. The van der Waals surface area contributed by atoms with Crippen LogP contribution in [0.3, 0.4) is 0 Å². The van der Waals surface area contributed by atoms with Crippen molar-refractivity contribution < 1.29 is 4.92 Å². The number of nitro groups is 1. The van der Waals surface area contributed by atoms with Gasteiger partial charge in [-0.2, -0.15) is 0 Å². The van der Waals surface area contributed by atoms with E-state index in [1.807, 2.05) is 0 Å². The second-order valence-corrected chi connectivity index (χ2v) is 3.39. The molecule has 0 radical (unpaired) electrons. The molecule has 0 fully saturated rings. The fourth-order valence-electron chi connectivity index (χ4n) is 1.25. The molecule has 0 saturated carbocycles. The topological polar surface area (TPSA) is 69.2 Å². The number of hydrogen-bond acceptors (Lipinski definition) is 3. The predicted molar refractivity (Wildman–Crippen MR) is 62.0 cm³/mol. The second-order valence-electron chi connectivity index (χ2n) is 3.08. The van der Waals surface area contributed by atoms with E-state index in [4.69, 9.17) is 17.3 Å². The molecule has 0 aliphatic carbocycles. The molecule has 0 bridgehead atoms. The smallest absolute Gasteiger partial charge is 0.274 e. The van der Waals surface area contributed by atoms with Crippen LogP contribution in [-0.2, 0) is 0 Å². The Kier molecular flexibility index (Phi) is 3.68. The number of rotatable bonds is 3. The molecule has 0 aliphatic rings. The molecule has 1 aromatic rings. The van der Waals surface area contributed by atoms with Gasteiger partial charge < -0.3 is 5.73 Å². The zero-order valence-electron chi connectivity index (χ0n) is 8.24. The number of aryl methyl sites for hydroxylation is 1. The number of halogens is 1. The van der Waals surface area contributed by atoms with Crippen molar-refractivity contribution in [2.75, 3.05) is 11.6 Å². The Bertz CT molecular complexity index is 416. The van der Waals surface area contributed by atoms with E-state index in [9.17, 15) is 10.1 Å². The average Bonchev–Trinajstić information content (AvgIpc) is 2.18. The summed E-state index contributed by atoms with van der Waals surface area (Å²) in [5.41, 5.74) is 7.43. The molecule has 1 rings (SSSR count). The molecular formula is C10H11ClN2O2. The fraction of sp³-hybridized carbons (Fsp3) is 0.200. The van der Waals surface area contributed by atoms with E-state index in [0.29, 0.717) is 17.1 Å². The van der Waals surface area contributed by atoms with Gasteiger partial charge in [0.25, 0.3) is 5.69 Å². The molecule has 0 amide bonds. The highest BCUT2D eigenvalue weighted by Crippen LogP contribution is 2.25. The van der Waals surface area contributed by atoms with Gasteiger partial charge in [-0.15, -0.1) is 11.6 Å². The van der Waals surface area contributed by atoms with Crippen molar-refractivity contribution in [1.29, 1.82) is 0 Å². The van der Waals surface area contributed by atoms with Crippen molar-refractivity contribution in [3.63, 3.8) is 0 Å². The minimum absolute atomic E-state index is 0.0375. The van der Waals surface area contributed by atoms with Crippen LogP contribution in [0.25, 0.3) is 6.08 Å². The zero-order chi connectivity index (χ0) is 11.4. The Morgan fingerprint density at radius 2 is 2.27 bits per heavy atom. The lowest BCUT2D eigenvalue weighted by molar-refractivity contribution is -0.385. The van der Waals surface area contributed by atoms with E-state index < -0.39 is 4.92 Å². The average molecular weight is 227 g/mol. The number of hydrogen-bond donors (Lipinski definition) is 1. The largest absolute Gasteiger partial charge is 0.398 e. The maximum atomic E-state index is 10.6. The summed E-state index contributed by atoms with van der Waals surface area (Å²) in [6.07, 6.45) is 3.48. The summed E-state index contributed by atoms with van der Waals surface area (Å²) >= 11 is 5.49. The van der Waals surface area contributed by atoms with Gasteiger partial charge in [0.1, 0.15) is 0 Å². The summed E-state index contributed by atoms with van der Waals surface area (Å²) in [7, 11) is 0. The van der Waals surface area contributed by atoms with Gasteiger partial charge >= 0.3 is 0 Å². The summed E-state index contributed by atoms with van der Waals surface area (Å²) in [5, 5.41) is 10.6. The van der Waals surface area contributed by atoms with Crippen LogP contribution in [0.1, 0.15) is 11.1 Å². The normalized spacial score (nSPS) is 10.8. The summed E-state index contributed by atoms with van der Waals surface area (Å²) in [4.78, 5) is 10.2. The first-order valence-corrected chi connectivity index (χ1v) is 4.86. The maximum absolute atomic E-state index is 10.6. The number of alkyl halides is 1. The van der Waals surface area contributed by atoms with Gasteiger partial charge in [-0.25, -0.2) is 0 Å². The second kappa shape index (κ2) is 4.79. The molecule has 0 spiro atoms. The summed E-state index contributed by atoms with van der Waals surface area (Å²) in [5.74, 6) is 0.384. The van der Waals surface area contributed by atoms with Crippen LogP contribution in [0.2, 0.25) is 0 Å². The molecule has 4 nitrogen and oxygen atoms in total. The molecule has 2 N–H and O–H groups in total. The van der Waals surface area contributed by atoms with Crippen molar-refractivity contribution in [2.45, 2.75) is 6.92 Å². The molecule has 15 heavy (non-hydrogen) atoms. The minimum Gasteiger partial charge on any atom is -0.398 e. The number of allylic oxidation sites excluding steroid dienone is 1. The number of nitrogens with zero attached hydrogens (tertiary/aromatic N) is 1. The van der Waals surface area contributed by atoms with Crippen LogP contribution >= 0.6 is 11.6 Å². The fourth-order valence-corrected chi connectivity index (χ4v) is 1.34. The van der Waals surface area contributed by atoms with Gasteiger partial charge in [-0.1, -0.05) is 12.2 Å². The van der Waals surface area contributed by atoms with Gasteiger partial charge in [-0.3, -0.25) is 10.1 Å². The van der Waals surface area contributed by atoms with Crippen LogP contribution in [0.15, 0.2) is 18.2 Å². The first-order valence-electron chi connectivity index (χ1n) is 4.33. The number of benzene rings is 1. The number of nitro benzene ring substituents is 1. The van der Waals surface area contributed by atoms with Crippen molar-refractivity contribution in [2.24, 2.45) is 0 Å². The molecule has 1 aromatic carbocycles. The van der Waals surface area contributed by atoms with E-state index in [1.165, 1.54) is 6.07 Å². The number of anilines is 1. The lowest BCUT2D eigenvalue weighted by Gasteiger charge is -2.03. The van der Waals surface area contributed by atoms with Crippen LogP contribution in [0.5, 0.6) is 0 Å². The summed E-state index contributed by atoms with van der Waals surface area (Å²) < 4.78 is 0. The molecule has 0 heterocycles. The molecule has 0 atom stereocenters. The molecule has 5 heteroatoms. The quantitative estimate of drug-likeness (QED) is 0.373. The number of nitrogen functional groups attached to an aromatic ring is 1. The Balaban J connectivity index is 3.19. The van der Waals surface area contributed by atoms with E-state index >= 15 is 0 Å². The highest BCUT2D eigenvalue weighted by molar-refractivity contribution is 6.19. The first-order chi connectivity index (χ1) is 7.06. The van der Waals surface area contributed by atoms with E-state index in [0.717, 1.165) is 5.56 Å². The van der Waals surface area contributed by atoms with Gasteiger partial charge in [0.2, 0.25) is 0 Å². The lowest BCUT2D eigenvalue weighted by atomic mass is 10.1. The van der Waals surface area contributed by atoms with Crippen molar-refractivity contribution in [3.05, 3.63) is 39.4 Å². The Morgan fingerprint density at radius 3 is 2.80 bits per heavy atom. The van der Waals surface area contributed by atoms with Crippen LogP contribution in [0, 0.1) is 17.0 Å². The Hall–Kier alpha value is -1.55. The molecule has 0 unspecified atom stereocenters. The number of nitrogens with two attached hydrogens (primary N) is 1. The van der Waals surface area contributed by atoms with Crippen LogP contribution < -0.4 is 5.73 Å². The van der Waals surface area contributed by atoms with E-state index in [-0.39, 0.29) is 5.69 Å². The van der Waals surface area contributed by atoms with E-state index in [2.05, 4.69) is 0 Å². The third kappa shape index (κ3) is 2.70. The highest BCUT2D eigenvalue weighted by atomic mass is 35.5. The molecule has 0 saturated heterocycles. The van der Waals surface area contributed by atoms with E-state index in [1.54, 1.807) is 25.1 Å². The molecule has 0 aliphatic heterocycles. The molecule has 80 valence electrons. The third-order valence-corrected chi connectivity index (χ3v) is 2.16. The minimum atomic E-state index is -0.444. The zero-order valence-corrected chi connectivity index (χ0v) is 8.99. The highest BCUT2D eigenvalue weighted by Gasteiger charge is 2.12. The lowest BCUT2D eigenvalue weighted by Crippen LogP contribution is -1.96. The van der Waals surface area contributed by atoms with Gasteiger partial charge in [0.05, 0.1) is 4.92 Å². The van der Waals surface area contributed by atoms with Gasteiger partial charge in [0.15, 0.2) is 0 Å². The third-order valence-electron chi connectivity index (χ3n) is 1.98. The SMILES string of the molecule is Cc1cc(C=CCCl)c(N)cc1[N+](=O)[O-]. The molecular weight excluding hydrogens is 216 g/mol. The summed E-state index contributed by atoms with van der Waals surface area (Å²) in [6, 6.07) is 3.04. The predicted octanol–water partition coefficient (Wildman–Crippen LogP) is 2.74. The van der Waals surface area contributed by atoms with Gasteiger partial charge in [0, 0.05) is 23.2 Å². The molecule has 0 aromatic heterocycles. The summed E-state index contributed by atoms with van der Waals surface area (Å²) in [6.45, 7) is 1.68. The monoisotopic (exact) mass is 226 g/mol. The first kappa shape index (κ1) is 11.5. The van der Waals surface area contributed by atoms with Crippen LogP contribution in [0.4, 0.5) is 11.4 Å².